The van der Waals surface area contributed by atoms with Crippen LogP contribution in [0.5, 0.6) is 0 Å². The first-order chi connectivity index (χ1) is 20.4. The number of carbonyl (C=O) groups is 5. The van der Waals surface area contributed by atoms with Crippen molar-refractivity contribution in [2.75, 3.05) is 59.3 Å². The second-order valence-electron chi connectivity index (χ2n) is 10.5. The molecule has 44 heavy (non-hydrogen) atoms. The number of amides is 3. The van der Waals surface area contributed by atoms with Crippen molar-refractivity contribution < 1.29 is 66.2 Å². The Hall–Kier alpha value is -1.93. The maximum atomic E-state index is 12.3. The van der Waals surface area contributed by atoms with Crippen molar-refractivity contribution in [1.29, 1.82) is 0 Å². The molecule has 0 saturated heterocycles. The van der Waals surface area contributed by atoms with Gasteiger partial charge in [0.15, 0.2) is 6.10 Å². The van der Waals surface area contributed by atoms with Gasteiger partial charge in [-0.1, -0.05) is 0 Å². The lowest BCUT2D eigenvalue weighted by Crippen LogP contribution is -2.38. The lowest BCUT2D eigenvalue weighted by atomic mass is 10.0. The van der Waals surface area contributed by atoms with E-state index in [4.69, 9.17) is 32.7 Å². The number of rotatable bonds is 24. The maximum absolute atomic E-state index is 12.3. The summed E-state index contributed by atoms with van der Waals surface area (Å²) in [6.45, 7) is 8.43. The topological polar surface area (TPSA) is 223 Å². The minimum absolute atomic E-state index is 0.00458. The van der Waals surface area contributed by atoms with Gasteiger partial charge >= 0.3 is 19.8 Å². The zero-order valence-electron chi connectivity index (χ0n) is 25.9. The van der Waals surface area contributed by atoms with Crippen LogP contribution in [0.15, 0.2) is 0 Å². The quantitative estimate of drug-likeness (QED) is 0.0349. The molecule has 0 aromatic carbocycles. The van der Waals surface area contributed by atoms with E-state index in [-0.39, 0.29) is 76.9 Å². The van der Waals surface area contributed by atoms with E-state index in [0.29, 0.717) is 6.42 Å². The van der Waals surface area contributed by atoms with Gasteiger partial charge < -0.3 is 39.2 Å². The van der Waals surface area contributed by atoms with Crippen molar-refractivity contribution >= 4 is 60.3 Å². The molecular formula is C25H45IN3O14P. The van der Waals surface area contributed by atoms with Gasteiger partial charge in [-0.15, -0.1) is 0 Å². The minimum atomic E-state index is -4.55. The third kappa shape index (κ3) is 24.4. The number of nitrogens with one attached hydrogen (secondary N) is 3. The van der Waals surface area contributed by atoms with Crippen molar-refractivity contribution in [3.63, 3.8) is 0 Å². The summed E-state index contributed by atoms with van der Waals surface area (Å²) < 4.78 is 50.3. The lowest BCUT2D eigenvalue weighted by Gasteiger charge is -2.29. The van der Waals surface area contributed by atoms with E-state index in [1.54, 1.807) is 36.7 Å². The summed E-state index contributed by atoms with van der Waals surface area (Å²) in [6, 6.07) is 0. The molecule has 19 heteroatoms. The number of phosphoric acid groups is 1. The molecule has 0 aliphatic carbocycles. The second-order valence-corrected chi connectivity index (χ2v) is 12.5. The summed E-state index contributed by atoms with van der Waals surface area (Å²) in [4.78, 5) is 67.0. The van der Waals surface area contributed by atoms with Gasteiger partial charge in [0.2, 0.25) is 11.8 Å². The predicted molar refractivity (Wildman–Crippen MR) is 162 cm³/mol. The van der Waals surface area contributed by atoms with Crippen molar-refractivity contribution in [3.8, 4) is 0 Å². The van der Waals surface area contributed by atoms with Gasteiger partial charge in [-0.05, 0) is 34.1 Å². The third-order valence-corrected chi connectivity index (χ3v) is 6.77. The van der Waals surface area contributed by atoms with Crippen LogP contribution in [0.2, 0.25) is 0 Å². The van der Waals surface area contributed by atoms with E-state index in [9.17, 15) is 33.4 Å². The van der Waals surface area contributed by atoms with Crippen molar-refractivity contribution in [3.05, 3.63) is 0 Å². The first-order valence-electron chi connectivity index (χ1n) is 13.6. The van der Waals surface area contributed by atoms with Gasteiger partial charge in [0, 0.05) is 26.9 Å². The first-order valence-corrected chi connectivity index (χ1v) is 16.1. The fourth-order valence-electron chi connectivity index (χ4n) is 3.11. The molecule has 17 nitrogen and oxygen atoms in total. The number of halogens is 1. The predicted octanol–water partition coefficient (Wildman–Crippen LogP) is 0.701. The highest BCUT2D eigenvalue weighted by Crippen LogP contribution is 2.43. The van der Waals surface area contributed by atoms with Crippen molar-refractivity contribution in [2.24, 2.45) is 0 Å². The van der Waals surface area contributed by atoms with E-state index >= 15 is 0 Å². The Kier molecular flexibility index (Phi) is 20.8. The second kappa shape index (κ2) is 21.7. The molecule has 4 N–H and O–H groups in total. The fraction of sp³-hybridized carbons (Fsp3) is 0.800. The smallest absolute Gasteiger partial charge is 0.462 e. The van der Waals surface area contributed by atoms with E-state index in [1.807, 2.05) is 13.8 Å². The molecule has 0 bridgehead atoms. The summed E-state index contributed by atoms with van der Waals surface area (Å²) in [6.07, 6.45) is -0.616. The Morgan fingerprint density at radius 1 is 0.795 bits per heavy atom. The van der Waals surface area contributed by atoms with Gasteiger partial charge in [0.1, 0.15) is 19.8 Å². The molecule has 0 heterocycles. The van der Waals surface area contributed by atoms with Gasteiger partial charge in [-0.2, -0.15) is 0 Å². The third-order valence-electron chi connectivity index (χ3n) is 5.18. The molecule has 0 rings (SSSR count). The Labute approximate surface area is 271 Å². The van der Waals surface area contributed by atoms with Gasteiger partial charge in [0.25, 0.3) is 5.91 Å². The summed E-state index contributed by atoms with van der Waals surface area (Å²) in [5.74, 6) is -2.43. The standard InChI is InChI=1S/C25H45IN3O14P/c1-18(30)38-14-20(43-19(2)31)15-42-44(35,36)41-12-9-27-21(32)13-25(5,6)39-10-7-24(3,4)40-11-8-28-22(33)16-37-17-23(34)29-26/h20H,7-17H2,1-6H3,(H,27,32)(H,28,33)(H,29,34)(H,35,36)/t20-/m1/s1. The molecule has 0 aliphatic heterocycles. The highest BCUT2D eigenvalue weighted by Gasteiger charge is 2.27. The van der Waals surface area contributed by atoms with Crippen LogP contribution in [0.3, 0.4) is 0 Å². The molecular weight excluding hydrogens is 724 g/mol. The largest absolute Gasteiger partial charge is 0.472 e. The summed E-state index contributed by atoms with van der Waals surface area (Å²) >= 11 is 1.68. The molecule has 1 unspecified atom stereocenters. The van der Waals surface area contributed by atoms with Crippen LogP contribution >= 0.6 is 30.7 Å². The van der Waals surface area contributed by atoms with Crippen LogP contribution in [-0.2, 0) is 61.3 Å². The maximum Gasteiger partial charge on any atom is 0.472 e. The fourth-order valence-corrected chi connectivity index (χ4v) is 4.01. The molecule has 3 amide bonds. The Morgan fingerprint density at radius 2 is 1.39 bits per heavy atom. The number of hydrogen-bond donors (Lipinski definition) is 4. The summed E-state index contributed by atoms with van der Waals surface area (Å²) in [7, 11) is -4.55. The van der Waals surface area contributed by atoms with E-state index in [1.165, 1.54) is 0 Å². The Morgan fingerprint density at radius 3 is 2.00 bits per heavy atom. The Bertz CT molecular complexity index is 982. The first kappa shape index (κ1) is 42.1. The van der Waals surface area contributed by atoms with E-state index < -0.39 is 43.7 Å². The molecule has 0 aromatic heterocycles. The van der Waals surface area contributed by atoms with Crippen LogP contribution in [0.1, 0.15) is 54.4 Å². The van der Waals surface area contributed by atoms with Crippen LogP contribution in [-0.4, -0.2) is 111 Å². The number of phosphoric ester groups is 1. The van der Waals surface area contributed by atoms with Crippen LogP contribution in [0.4, 0.5) is 0 Å². The minimum Gasteiger partial charge on any atom is -0.462 e. The average Bonchev–Trinajstić information content (AvgIpc) is 2.89. The number of ether oxygens (including phenoxy) is 5. The van der Waals surface area contributed by atoms with Gasteiger partial charge in [-0.25, -0.2) is 4.57 Å². The number of esters is 2. The molecule has 0 aliphatic rings. The lowest BCUT2D eigenvalue weighted by molar-refractivity contribution is -0.158. The summed E-state index contributed by atoms with van der Waals surface area (Å²) in [5.41, 5.74) is -1.40. The van der Waals surface area contributed by atoms with E-state index in [2.05, 4.69) is 14.2 Å². The zero-order valence-corrected chi connectivity index (χ0v) is 29.0. The zero-order chi connectivity index (χ0) is 33.8. The molecule has 256 valence electrons. The SMILES string of the molecule is CC(=O)OC[C@H](COP(=O)(O)OCCNC(=O)CC(C)(C)OCCC(C)(C)OCCNC(=O)COCC(=O)NI)OC(C)=O. The molecule has 0 aromatic rings. The monoisotopic (exact) mass is 769 g/mol. The van der Waals surface area contributed by atoms with Crippen molar-refractivity contribution in [1.82, 2.24) is 14.2 Å². The van der Waals surface area contributed by atoms with Crippen LogP contribution in [0.25, 0.3) is 0 Å². The van der Waals surface area contributed by atoms with Crippen LogP contribution in [0, 0.1) is 0 Å². The molecule has 0 radical (unpaired) electrons. The van der Waals surface area contributed by atoms with Gasteiger partial charge in [0.05, 0.1) is 66.9 Å². The Balaban J connectivity index is 4.26. The average molecular weight is 770 g/mol. The summed E-state index contributed by atoms with van der Waals surface area (Å²) in [5, 5.41) is 5.19. The number of carbonyl (C=O) groups excluding carboxylic acids is 5. The molecule has 0 fully saturated rings. The van der Waals surface area contributed by atoms with Crippen LogP contribution < -0.4 is 14.2 Å². The molecule has 2 atom stereocenters. The molecule has 0 spiro atoms. The normalized spacial score (nSPS) is 13.7. The van der Waals surface area contributed by atoms with E-state index in [0.717, 1.165) is 13.8 Å². The number of hydrogen-bond acceptors (Lipinski definition) is 13. The highest BCUT2D eigenvalue weighted by atomic mass is 127. The molecule has 0 saturated carbocycles. The van der Waals surface area contributed by atoms with Crippen molar-refractivity contribution in [2.45, 2.75) is 71.7 Å². The highest BCUT2D eigenvalue weighted by molar-refractivity contribution is 14.1. The van der Waals surface area contributed by atoms with Gasteiger partial charge in [-0.3, -0.25) is 36.6 Å².